The van der Waals surface area contributed by atoms with Gasteiger partial charge in [0, 0.05) is 5.39 Å². The van der Waals surface area contributed by atoms with E-state index in [0.717, 1.165) is 16.5 Å². The zero-order valence-electron chi connectivity index (χ0n) is 15.4. The molecule has 28 heavy (non-hydrogen) atoms. The van der Waals surface area contributed by atoms with E-state index < -0.39 is 12.1 Å². The summed E-state index contributed by atoms with van der Waals surface area (Å²) in [5, 5.41) is 7.77. The molecule has 0 saturated carbocycles. The van der Waals surface area contributed by atoms with Crippen LogP contribution in [0.4, 0.5) is 10.6 Å². The molecule has 146 valence electrons. The Morgan fingerprint density at radius 1 is 1.25 bits per heavy atom. The molecular weight excluding hydrogens is 384 g/mol. The van der Waals surface area contributed by atoms with Crippen LogP contribution in [0.15, 0.2) is 36.5 Å². The van der Waals surface area contributed by atoms with E-state index in [1.807, 2.05) is 37.3 Å². The number of hydrogen-bond acceptors (Lipinski definition) is 6. The summed E-state index contributed by atoms with van der Waals surface area (Å²) in [7, 11) is 0. The Kier molecular flexibility index (Phi) is 6.10. The van der Waals surface area contributed by atoms with Gasteiger partial charge in [0.05, 0.1) is 24.2 Å². The minimum atomic E-state index is -0.759. The number of halogens is 1. The summed E-state index contributed by atoms with van der Waals surface area (Å²) in [6.45, 7) is 3.86. The van der Waals surface area contributed by atoms with Gasteiger partial charge in [0.2, 0.25) is 0 Å². The number of ether oxygens (including phenoxy) is 2. The molecule has 0 aliphatic rings. The Morgan fingerprint density at radius 2 is 2.04 bits per heavy atom. The number of aromatic nitrogens is 3. The van der Waals surface area contributed by atoms with Gasteiger partial charge in [-0.2, -0.15) is 9.78 Å². The average Bonchev–Trinajstić information content (AvgIpc) is 3.10. The summed E-state index contributed by atoms with van der Waals surface area (Å²) in [5.74, 6) is 0.0987. The van der Waals surface area contributed by atoms with Crippen molar-refractivity contribution in [2.24, 2.45) is 0 Å². The first-order chi connectivity index (χ1) is 13.5. The van der Waals surface area contributed by atoms with E-state index in [1.165, 1.54) is 10.9 Å². The van der Waals surface area contributed by atoms with Crippen molar-refractivity contribution in [3.8, 4) is 5.82 Å². The van der Waals surface area contributed by atoms with Crippen molar-refractivity contribution in [1.82, 2.24) is 14.8 Å². The van der Waals surface area contributed by atoms with Crippen molar-refractivity contribution < 1.29 is 19.1 Å². The summed E-state index contributed by atoms with van der Waals surface area (Å²) in [6, 6.07) is 9.48. The molecule has 0 radical (unpaired) electrons. The van der Waals surface area contributed by atoms with Crippen LogP contribution in [-0.2, 0) is 9.47 Å². The third-order valence-corrected chi connectivity index (χ3v) is 4.08. The number of carbonyl (C=O) groups excluding carboxylic acids is 2. The van der Waals surface area contributed by atoms with Gasteiger partial charge in [0.15, 0.2) is 11.6 Å². The van der Waals surface area contributed by atoms with Gasteiger partial charge < -0.3 is 9.47 Å². The molecule has 0 saturated heterocycles. The zero-order valence-corrected chi connectivity index (χ0v) is 16.2. The average molecular weight is 403 g/mol. The Balaban J connectivity index is 2.07. The fourth-order valence-corrected chi connectivity index (χ4v) is 2.78. The molecule has 1 amide bonds. The maximum absolute atomic E-state index is 12.3. The second-order valence-electron chi connectivity index (χ2n) is 5.80. The molecule has 2 heterocycles. The van der Waals surface area contributed by atoms with Gasteiger partial charge in [-0.25, -0.2) is 14.6 Å². The zero-order chi connectivity index (χ0) is 20.1. The summed E-state index contributed by atoms with van der Waals surface area (Å²) in [5.41, 5.74) is 1.84. The molecule has 8 nitrogen and oxygen atoms in total. The van der Waals surface area contributed by atoms with Gasteiger partial charge in [-0.05, 0) is 31.5 Å². The smallest absolute Gasteiger partial charge is 0.412 e. The Hall–Kier alpha value is -3.13. The van der Waals surface area contributed by atoms with Crippen molar-refractivity contribution in [3.05, 3.63) is 47.7 Å². The van der Waals surface area contributed by atoms with E-state index in [0.29, 0.717) is 5.82 Å². The highest BCUT2D eigenvalue weighted by Crippen LogP contribution is 2.24. The number of hydrogen-bond donors (Lipinski definition) is 1. The largest absolute Gasteiger partial charge is 0.462 e. The third-order valence-electron chi connectivity index (χ3n) is 3.92. The number of esters is 1. The van der Waals surface area contributed by atoms with E-state index in [1.54, 1.807) is 6.92 Å². The number of fused-ring (bicyclic) bond motifs is 1. The predicted octanol–water partition coefficient (Wildman–Crippen LogP) is 3.69. The van der Waals surface area contributed by atoms with Gasteiger partial charge in [-0.15, -0.1) is 11.6 Å². The number of pyridine rings is 1. The molecule has 1 N–H and O–H groups in total. The number of rotatable bonds is 6. The number of alkyl halides is 1. The van der Waals surface area contributed by atoms with Crippen LogP contribution in [-0.4, -0.2) is 45.9 Å². The van der Waals surface area contributed by atoms with Crippen molar-refractivity contribution in [2.75, 3.05) is 24.4 Å². The van der Waals surface area contributed by atoms with E-state index in [2.05, 4.69) is 15.4 Å². The van der Waals surface area contributed by atoms with Gasteiger partial charge in [-0.3, -0.25) is 5.32 Å². The Morgan fingerprint density at radius 3 is 2.79 bits per heavy atom. The maximum Gasteiger partial charge on any atom is 0.412 e. The standard InChI is InChI=1S/C19H19ClN4O4/c1-3-27-18(25)14-11-21-24(17(14)23-19(26)28-9-8-20)16-10-12(2)13-6-4-5-7-15(13)22-16/h4-7,10-11H,3,8-9H2,1-2H3,(H,23,26). The number of nitrogens with one attached hydrogen (secondary N) is 1. The SMILES string of the molecule is CCOC(=O)c1cnn(-c2cc(C)c3ccccc3n2)c1NC(=O)OCCCl. The predicted molar refractivity (Wildman–Crippen MR) is 105 cm³/mol. The fraction of sp³-hybridized carbons (Fsp3) is 0.263. The van der Waals surface area contributed by atoms with E-state index in [9.17, 15) is 9.59 Å². The first-order valence-electron chi connectivity index (χ1n) is 8.66. The van der Waals surface area contributed by atoms with Gasteiger partial charge in [0.1, 0.15) is 12.2 Å². The first kappa shape index (κ1) is 19.6. The highest BCUT2D eigenvalue weighted by molar-refractivity contribution is 6.18. The number of aryl methyl sites for hydroxylation is 1. The molecule has 0 aliphatic heterocycles. The van der Waals surface area contributed by atoms with E-state index in [4.69, 9.17) is 21.1 Å². The highest BCUT2D eigenvalue weighted by Gasteiger charge is 2.23. The number of nitrogens with zero attached hydrogens (tertiary/aromatic N) is 3. The molecule has 1 aromatic carbocycles. The molecule has 2 aromatic heterocycles. The quantitative estimate of drug-likeness (QED) is 0.499. The minimum absolute atomic E-state index is 0.0313. The van der Waals surface area contributed by atoms with Crippen molar-refractivity contribution in [1.29, 1.82) is 0 Å². The molecular formula is C19H19ClN4O4. The summed E-state index contributed by atoms with van der Waals surface area (Å²) < 4.78 is 11.4. The Bertz CT molecular complexity index is 1020. The van der Waals surface area contributed by atoms with Crippen molar-refractivity contribution in [2.45, 2.75) is 13.8 Å². The van der Waals surface area contributed by atoms with Crippen LogP contribution in [0, 0.1) is 6.92 Å². The molecule has 0 atom stereocenters. The van der Waals surface area contributed by atoms with Crippen LogP contribution >= 0.6 is 11.6 Å². The van der Waals surface area contributed by atoms with Crippen LogP contribution in [0.1, 0.15) is 22.8 Å². The second-order valence-corrected chi connectivity index (χ2v) is 6.18. The van der Waals surface area contributed by atoms with Gasteiger partial charge >= 0.3 is 12.1 Å². The lowest BCUT2D eigenvalue weighted by atomic mass is 10.1. The molecule has 0 spiro atoms. The minimum Gasteiger partial charge on any atom is -0.462 e. The molecule has 0 bridgehead atoms. The molecule has 0 aliphatic carbocycles. The van der Waals surface area contributed by atoms with E-state index in [-0.39, 0.29) is 30.5 Å². The van der Waals surface area contributed by atoms with Crippen LogP contribution in [0.2, 0.25) is 0 Å². The highest BCUT2D eigenvalue weighted by atomic mass is 35.5. The normalized spacial score (nSPS) is 10.7. The third kappa shape index (κ3) is 4.07. The lowest BCUT2D eigenvalue weighted by molar-refractivity contribution is 0.0527. The van der Waals surface area contributed by atoms with Gasteiger partial charge in [0.25, 0.3) is 0 Å². The number of benzene rings is 1. The summed E-state index contributed by atoms with van der Waals surface area (Å²) in [6.07, 6.45) is 0.562. The summed E-state index contributed by atoms with van der Waals surface area (Å²) in [4.78, 5) is 28.9. The van der Waals surface area contributed by atoms with Crippen LogP contribution in [0.25, 0.3) is 16.7 Å². The van der Waals surface area contributed by atoms with Gasteiger partial charge in [-0.1, -0.05) is 18.2 Å². The summed E-state index contributed by atoms with van der Waals surface area (Å²) >= 11 is 5.54. The van der Waals surface area contributed by atoms with Crippen LogP contribution in [0.5, 0.6) is 0 Å². The van der Waals surface area contributed by atoms with Crippen molar-refractivity contribution in [3.63, 3.8) is 0 Å². The topological polar surface area (TPSA) is 95.3 Å². The fourth-order valence-electron chi connectivity index (χ4n) is 2.70. The number of anilines is 1. The monoisotopic (exact) mass is 402 g/mol. The van der Waals surface area contributed by atoms with E-state index >= 15 is 0 Å². The molecule has 0 fully saturated rings. The number of carbonyl (C=O) groups is 2. The number of para-hydroxylation sites is 1. The van der Waals surface area contributed by atoms with Crippen molar-refractivity contribution >= 4 is 40.4 Å². The first-order valence-corrected chi connectivity index (χ1v) is 9.20. The molecule has 0 unspecified atom stereocenters. The van der Waals surface area contributed by atoms with Crippen LogP contribution in [0.3, 0.4) is 0 Å². The number of amides is 1. The molecule has 9 heteroatoms. The molecule has 3 aromatic rings. The second kappa shape index (κ2) is 8.71. The molecule has 3 rings (SSSR count). The lowest BCUT2D eigenvalue weighted by Crippen LogP contribution is -2.20. The Labute approximate surface area is 166 Å². The lowest BCUT2D eigenvalue weighted by Gasteiger charge is -2.12. The maximum atomic E-state index is 12.3. The van der Waals surface area contributed by atoms with Crippen LogP contribution < -0.4 is 5.32 Å².